The van der Waals surface area contributed by atoms with Crippen LogP contribution in [0.25, 0.3) is 11.0 Å². The van der Waals surface area contributed by atoms with E-state index in [1.807, 2.05) is 29.2 Å². The van der Waals surface area contributed by atoms with Gasteiger partial charge in [-0.3, -0.25) is 4.79 Å². The molecular formula is C23H27N3O. The van der Waals surface area contributed by atoms with Gasteiger partial charge in [-0.1, -0.05) is 50.1 Å². The average molecular weight is 361 g/mol. The van der Waals surface area contributed by atoms with Gasteiger partial charge in [-0.25, -0.2) is 4.98 Å². The highest BCUT2D eigenvalue weighted by atomic mass is 16.2. The molecule has 27 heavy (non-hydrogen) atoms. The molecule has 4 nitrogen and oxygen atoms in total. The molecule has 0 N–H and O–H groups in total. The van der Waals surface area contributed by atoms with Gasteiger partial charge in [-0.05, 0) is 43.5 Å². The Balaban J connectivity index is 1.64. The first kappa shape index (κ1) is 17.8. The minimum Gasteiger partial charge on any atom is -0.318 e. The number of carbonyl (C=O) groups excluding carboxylic acids is 1. The van der Waals surface area contributed by atoms with E-state index in [2.05, 4.69) is 42.7 Å². The van der Waals surface area contributed by atoms with Gasteiger partial charge >= 0.3 is 0 Å². The lowest BCUT2D eigenvalue weighted by Gasteiger charge is -2.23. The van der Waals surface area contributed by atoms with Gasteiger partial charge in [0.25, 0.3) is 0 Å². The molecule has 2 heterocycles. The summed E-state index contributed by atoms with van der Waals surface area (Å²) in [6.07, 6.45) is 5.32. The number of hydrogen-bond donors (Lipinski definition) is 0. The van der Waals surface area contributed by atoms with Gasteiger partial charge in [0.2, 0.25) is 5.91 Å². The number of benzene rings is 2. The van der Waals surface area contributed by atoms with Crippen molar-refractivity contribution in [1.82, 2.24) is 9.55 Å². The van der Waals surface area contributed by atoms with Crippen LogP contribution in [0.1, 0.15) is 44.5 Å². The molecule has 0 saturated heterocycles. The molecule has 4 heteroatoms. The first-order chi connectivity index (χ1) is 13.2. The predicted molar refractivity (Wildman–Crippen MR) is 110 cm³/mol. The van der Waals surface area contributed by atoms with Crippen molar-refractivity contribution in [3.8, 4) is 0 Å². The van der Waals surface area contributed by atoms with Gasteiger partial charge in [0.05, 0.1) is 11.0 Å². The van der Waals surface area contributed by atoms with E-state index in [9.17, 15) is 4.79 Å². The van der Waals surface area contributed by atoms with Crippen molar-refractivity contribution in [2.24, 2.45) is 0 Å². The van der Waals surface area contributed by atoms with Gasteiger partial charge in [-0.2, -0.15) is 0 Å². The first-order valence-corrected chi connectivity index (χ1v) is 10.0. The number of unbranched alkanes of at least 4 members (excludes halogenated alkanes) is 2. The molecule has 0 bridgehead atoms. The Morgan fingerprint density at radius 2 is 1.89 bits per heavy atom. The summed E-state index contributed by atoms with van der Waals surface area (Å²) in [7, 11) is 0. The molecule has 1 aliphatic heterocycles. The summed E-state index contributed by atoms with van der Waals surface area (Å²) in [5, 5.41) is 0. The van der Waals surface area contributed by atoms with E-state index >= 15 is 0 Å². The van der Waals surface area contributed by atoms with Gasteiger partial charge in [0.15, 0.2) is 0 Å². The van der Waals surface area contributed by atoms with E-state index in [4.69, 9.17) is 4.98 Å². The fourth-order valence-electron chi connectivity index (χ4n) is 4.18. The van der Waals surface area contributed by atoms with Crippen LogP contribution in [0.3, 0.4) is 0 Å². The normalized spacial score (nSPS) is 16.1. The van der Waals surface area contributed by atoms with E-state index in [1.165, 1.54) is 18.4 Å². The average Bonchev–Trinajstić information content (AvgIpc) is 3.19. The molecule has 0 unspecified atom stereocenters. The molecule has 0 aliphatic carbocycles. The largest absolute Gasteiger partial charge is 0.318 e. The number of para-hydroxylation sites is 3. The van der Waals surface area contributed by atoms with Crippen LogP contribution in [0.2, 0.25) is 0 Å². The molecule has 1 aliphatic rings. The number of fused-ring (bicyclic) bond motifs is 2. The minimum atomic E-state index is 0.146. The van der Waals surface area contributed by atoms with Gasteiger partial charge in [0, 0.05) is 18.2 Å². The number of hydrogen-bond acceptors (Lipinski definition) is 2. The summed E-state index contributed by atoms with van der Waals surface area (Å²) in [5.41, 5.74) is 4.35. The van der Waals surface area contributed by atoms with Crippen LogP contribution in [0.5, 0.6) is 0 Å². The molecule has 3 aromatic rings. The highest BCUT2D eigenvalue weighted by Gasteiger charge is 2.31. The molecule has 0 spiro atoms. The summed E-state index contributed by atoms with van der Waals surface area (Å²) in [6, 6.07) is 16.6. The zero-order valence-corrected chi connectivity index (χ0v) is 16.2. The molecule has 1 amide bonds. The summed E-state index contributed by atoms with van der Waals surface area (Å²) < 4.78 is 2.13. The maximum Gasteiger partial charge on any atom is 0.247 e. The third kappa shape index (κ3) is 3.36. The van der Waals surface area contributed by atoms with Crippen LogP contribution >= 0.6 is 0 Å². The first-order valence-electron chi connectivity index (χ1n) is 10.0. The Morgan fingerprint density at radius 3 is 2.74 bits per heavy atom. The second-order valence-electron chi connectivity index (χ2n) is 7.51. The van der Waals surface area contributed by atoms with E-state index in [0.717, 1.165) is 41.8 Å². The highest BCUT2D eigenvalue weighted by Crippen LogP contribution is 2.32. The van der Waals surface area contributed by atoms with Crippen molar-refractivity contribution in [2.75, 3.05) is 4.90 Å². The fourth-order valence-corrected chi connectivity index (χ4v) is 4.18. The third-order valence-electron chi connectivity index (χ3n) is 5.51. The zero-order valence-electron chi connectivity index (χ0n) is 16.2. The van der Waals surface area contributed by atoms with Crippen molar-refractivity contribution in [1.29, 1.82) is 0 Å². The predicted octanol–water partition coefficient (Wildman–Crippen LogP) is 4.75. The maximum absolute atomic E-state index is 13.3. The Hall–Kier alpha value is -2.62. The molecule has 1 aromatic heterocycles. The van der Waals surface area contributed by atoms with Gasteiger partial charge in [-0.15, -0.1) is 0 Å². The fraction of sp³-hybridized carbons (Fsp3) is 0.391. The number of carbonyl (C=O) groups is 1. The van der Waals surface area contributed by atoms with Crippen LogP contribution in [-0.2, 0) is 24.2 Å². The second kappa shape index (κ2) is 7.55. The van der Waals surface area contributed by atoms with Crippen molar-refractivity contribution in [2.45, 2.75) is 58.5 Å². The lowest BCUT2D eigenvalue weighted by Crippen LogP contribution is -2.38. The van der Waals surface area contributed by atoms with Crippen LogP contribution in [0.15, 0.2) is 48.5 Å². The summed E-state index contributed by atoms with van der Waals surface area (Å²) >= 11 is 0. The molecule has 2 aromatic carbocycles. The standard InChI is InChI=1S/C23H27N3O/c1-3-4-5-14-22-24-19-11-7-9-13-21(19)25(22)16-23(27)26-17(2)15-18-10-6-8-12-20(18)26/h6-13,17H,3-5,14-16H2,1-2H3/t17-/m1/s1. The lowest BCUT2D eigenvalue weighted by atomic mass is 10.1. The molecule has 4 rings (SSSR count). The van der Waals surface area contributed by atoms with E-state index in [1.54, 1.807) is 0 Å². The van der Waals surface area contributed by atoms with E-state index in [0.29, 0.717) is 6.54 Å². The molecule has 1 atom stereocenters. The molecule has 0 fully saturated rings. The molecule has 0 radical (unpaired) electrons. The van der Waals surface area contributed by atoms with Gasteiger partial charge < -0.3 is 9.47 Å². The number of aromatic nitrogens is 2. The summed E-state index contributed by atoms with van der Waals surface area (Å²) in [5.74, 6) is 1.17. The zero-order chi connectivity index (χ0) is 18.8. The van der Waals surface area contributed by atoms with Crippen molar-refractivity contribution < 1.29 is 4.79 Å². The van der Waals surface area contributed by atoms with Crippen molar-refractivity contribution in [3.05, 3.63) is 59.9 Å². The monoisotopic (exact) mass is 361 g/mol. The number of imidazole rings is 1. The van der Waals surface area contributed by atoms with Crippen LogP contribution in [-0.4, -0.2) is 21.5 Å². The summed E-state index contributed by atoms with van der Waals surface area (Å²) in [6.45, 7) is 4.69. The van der Waals surface area contributed by atoms with Crippen molar-refractivity contribution >= 4 is 22.6 Å². The topological polar surface area (TPSA) is 38.1 Å². The SMILES string of the molecule is CCCCCc1nc2ccccc2n1CC(=O)N1c2ccccc2C[C@H]1C. The lowest BCUT2D eigenvalue weighted by molar-refractivity contribution is -0.119. The third-order valence-corrected chi connectivity index (χ3v) is 5.51. The molecule has 0 saturated carbocycles. The summed E-state index contributed by atoms with van der Waals surface area (Å²) in [4.78, 5) is 20.1. The second-order valence-corrected chi connectivity index (χ2v) is 7.51. The van der Waals surface area contributed by atoms with Crippen LogP contribution in [0, 0.1) is 0 Å². The van der Waals surface area contributed by atoms with Crippen LogP contribution < -0.4 is 4.90 Å². The van der Waals surface area contributed by atoms with Crippen molar-refractivity contribution in [3.63, 3.8) is 0 Å². The van der Waals surface area contributed by atoms with E-state index in [-0.39, 0.29) is 11.9 Å². The molecule has 140 valence electrons. The molecular weight excluding hydrogens is 334 g/mol. The smallest absolute Gasteiger partial charge is 0.247 e. The number of nitrogens with zero attached hydrogens (tertiary/aromatic N) is 3. The Labute approximate surface area is 160 Å². The quantitative estimate of drug-likeness (QED) is 0.594. The number of aryl methyl sites for hydroxylation is 1. The minimum absolute atomic E-state index is 0.146. The number of amides is 1. The maximum atomic E-state index is 13.3. The van der Waals surface area contributed by atoms with Crippen LogP contribution in [0.4, 0.5) is 5.69 Å². The Bertz CT molecular complexity index is 959. The van der Waals surface area contributed by atoms with E-state index < -0.39 is 0 Å². The number of rotatable bonds is 6. The van der Waals surface area contributed by atoms with Gasteiger partial charge in [0.1, 0.15) is 12.4 Å². The highest BCUT2D eigenvalue weighted by molar-refractivity contribution is 5.96. The number of anilines is 1. The Morgan fingerprint density at radius 1 is 1.11 bits per heavy atom. The Kier molecular flexibility index (Phi) is 4.97.